The molecular formula is C16H15N5O2S. The van der Waals surface area contributed by atoms with Crippen molar-refractivity contribution in [2.24, 2.45) is 0 Å². The summed E-state index contributed by atoms with van der Waals surface area (Å²) in [6.45, 7) is 0. The molecule has 2 aromatic carbocycles. The van der Waals surface area contributed by atoms with E-state index in [0.717, 1.165) is 11.4 Å². The van der Waals surface area contributed by atoms with Gasteiger partial charge < -0.3 is 10.1 Å². The van der Waals surface area contributed by atoms with E-state index >= 15 is 0 Å². The maximum absolute atomic E-state index is 12.1. The Bertz CT molecular complexity index is 805. The van der Waals surface area contributed by atoms with Crippen LogP contribution >= 0.6 is 11.8 Å². The van der Waals surface area contributed by atoms with E-state index in [2.05, 4.69) is 20.8 Å². The predicted molar refractivity (Wildman–Crippen MR) is 91.5 cm³/mol. The molecule has 0 atom stereocenters. The van der Waals surface area contributed by atoms with Crippen LogP contribution in [0.15, 0.2) is 59.8 Å². The molecule has 3 rings (SSSR count). The summed E-state index contributed by atoms with van der Waals surface area (Å²) in [7, 11) is 1.60. The Morgan fingerprint density at radius 3 is 2.62 bits per heavy atom. The van der Waals surface area contributed by atoms with Gasteiger partial charge in [-0.3, -0.25) is 4.79 Å². The molecular weight excluding hydrogens is 326 g/mol. The van der Waals surface area contributed by atoms with E-state index in [1.165, 1.54) is 11.8 Å². The van der Waals surface area contributed by atoms with Gasteiger partial charge in [-0.25, -0.2) is 0 Å². The molecule has 0 unspecified atom stereocenters. The number of nitrogens with one attached hydrogen (secondary N) is 1. The van der Waals surface area contributed by atoms with Gasteiger partial charge in [-0.15, -0.1) is 5.10 Å². The van der Waals surface area contributed by atoms with Crippen molar-refractivity contribution in [3.63, 3.8) is 0 Å². The van der Waals surface area contributed by atoms with Crippen molar-refractivity contribution >= 4 is 23.4 Å². The van der Waals surface area contributed by atoms with Crippen molar-refractivity contribution in [2.45, 2.75) is 5.16 Å². The molecule has 0 aliphatic rings. The van der Waals surface area contributed by atoms with Gasteiger partial charge in [0.1, 0.15) is 5.75 Å². The van der Waals surface area contributed by atoms with Crippen LogP contribution in [0, 0.1) is 0 Å². The minimum absolute atomic E-state index is 0.132. The number of rotatable bonds is 6. The lowest BCUT2D eigenvalue weighted by Crippen LogP contribution is -2.14. The fraction of sp³-hybridized carbons (Fsp3) is 0.125. The first-order chi connectivity index (χ1) is 11.8. The SMILES string of the molecule is COc1ccc(NC(=O)CSc2nnnn2-c2ccccc2)cc1. The topological polar surface area (TPSA) is 81.9 Å². The Kier molecular flexibility index (Phi) is 5.07. The average Bonchev–Trinajstić information content (AvgIpc) is 3.10. The zero-order chi connectivity index (χ0) is 16.8. The minimum Gasteiger partial charge on any atom is -0.497 e. The third kappa shape index (κ3) is 3.90. The summed E-state index contributed by atoms with van der Waals surface area (Å²) in [6.07, 6.45) is 0. The van der Waals surface area contributed by atoms with Gasteiger partial charge >= 0.3 is 0 Å². The quantitative estimate of drug-likeness (QED) is 0.693. The third-order valence-corrected chi connectivity index (χ3v) is 4.07. The Labute approximate surface area is 143 Å². The van der Waals surface area contributed by atoms with Crippen LogP contribution in [-0.2, 0) is 4.79 Å². The van der Waals surface area contributed by atoms with Crippen LogP contribution in [0.1, 0.15) is 0 Å². The molecule has 1 aromatic heterocycles. The van der Waals surface area contributed by atoms with E-state index in [4.69, 9.17) is 4.74 Å². The van der Waals surface area contributed by atoms with Crippen molar-refractivity contribution in [3.05, 3.63) is 54.6 Å². The lowest BCUT2D eigenvalue weighted by Gasteiger charge is -2.06. The minimum atomic E-state index is -0.132. The number of hydrogen-bond acceptors (Lipinski definition) is 6. The third-order valence-electron chi connectivity index (χ3n) is 3.15. The molecule has 0 fully saturated rings. The highest BCUT2D eigenvalue weighted by Gasteiger charge is 2.11. The molecule has 0 bridgehead atoms. The maximum atomic E-state index is 12.1. The first-order valence-electron chi connectivity index (χ1n) is 7.17. The molecule has 1 N–H and O–H groups in total. The number of anilines is 1. The summed E-state index contributed by atoms with van der Waals surface area (Å²) >= 11 is 1.27. The molecule has 1 amide bonds. The van der Waals surface area contributed by atoms with Gasteiger partial charge in [0.25, 0.3) is 0 Å². The van der Waals surface area contributed by atoms with Crippen molar-refractivity contribution in [3.8, 4) is 11.4 Å². The van der Waals surface area contributed by atoms with Crippen molar-refractivity contribution in [2.75, 3.05) is 18.2 Å². The standard InChI is InChI=1S/C16H15N5O2S/c1-23-14-9-7-12(8-10-14)17-15(22)11-24-16-18-19-20-21(16)13-5-3-2-4-6-13/h2-10H,11H2,1H3,(H,17,22). The molecule has 122 valence electrons. The lowest BCUT2D eigenvalue weighted by atomic mass is 10.3. The van der Waals surface area contributed by atoms with Gasteiger partial charge in [0.05, 0.1) is 18.6 Å². The van der Waals surface area contributed by atoms with E-state index in [-0.39, 0.29) is 11.7 Å². The summed E-state index contributed by atoms with van der Waals surface area (Å²) in [5, 5.41) is 15.0. The lowest BCUT2D eigenvalue weighted by molar-refractivity contribution is -0.113. The number of aromatic nitrogens is 4. The molecule has 0 saturated heterocycles. The summed E-state index contributed by atoms with van der Waals surface area (Å²) in [6, 6.07) is 16.7. The van der Waals surface area contributed by atoms with Crippen LogP contribution in [-0.4, -0.2) is 39.0 Å². The fourth-order valence-electron chi connectivity index (χ4n) is 2.00. The number of nitrogens with zero attached hydrogens (tertiary/aromatic N) is 4. The van der Waals surface area contributed by atoms with E-state index in [9.17, 15) is 4.79 Å². The molecule has 0 aliphatic heterocycles. The zero-order valence-electron chi connectivity index (χ0n) is 12.9. The van der Waals surface area contributed by atoms with Crippen LogP contribution in [0.25, 0.3) is 5.69 Å². The monoisotopic (exact) mass is 341 g/mol. The molecule has 3 aromatic rings. The Morgan fingerprint density at radius 2 is 1.92 bits per heavy atom. The first kappa shape index (κ1) is 16.0. The molecule has 0 spiro atoms. The van der Waals surface area contributed by atoms with E-state index in [1.54, 1.807) is 36.1 Å². The summed E-state index contributed by atoms with van der Waals surface area (Å²) < 4.78 is 6.69. The summed E-state index contributed by atoms with van der Waals surface area (Å²) in [5.74, 6) is 0.816. The van der Waals surface area contributed by atoms with Crippen LogP contribution in [0.4, 0.5) is 5.69 Å². The Balaban J connectivity index is 1.60. The van der Waals surface area contributed by atoms with Gasteiger partial charge in [0, 0.05) is 5.69 Å². The van der Waals surface area contributed by atoms with E-state index < -0.39 is 0 Å². The first-order valence-corrected chi connectivity index (χ1v) is 8.15. The molecule has 0 radical (unpaired) electrons. The fourth-order valence-corrected chi connectivity index (χ4v) is 2.69. The molecule has 24 heavy (non-hydrogen) atoms. The summed E-state index contributed by atoms with van der Waals surface area (Å²) in [5.41, 5.74) is 1.56. The van der Waals surface area contributed by atoms with Crippen LogP contribution in [0.5, 0.6) is 5.75 Å². The highest BCUT2D eigenvalue weighted by molar-refractivity contribution is 7.99. The second-order valence-electron chi connectivity index (χ2n) is 4.77. The van der Waals surface area contributed by atoms with Crippen molar-refractivity contribution in [1.29, 1.82) is 0 Å². The number of benzene rings is 2. The number of tetrazole rings is 1. The largest absolute Gasteiger partial charge is 0.497 e. The number of amides is 1. The van der Waals surface area contributed by atoms with Gasteiger partial charge in [-0.05, 0) is 46.8 Å². The number of thioether (sulfide) groups is 1. The number of ether oxygens (including phenoxy) is 1. The number of hydrogen-bond donors (Lipinski definition) is 1. The summed E-state index contributed by atoms with van der Waals surface area (Å²) in [4.78, 5) is 12.1. The zero-order valence-corrected chi connectivity index (χ0v) is 13.7. The van der Waals surface area contributed by atoms with Gasteiger partial charge in [-0.2, -0.15) is 4.68 Å². The van der Waals surface area contributed by atoms with Gasteiger partial charge in [0.2, 0.25) is 11.1 Å². The van der Waals surface area contributed by atoms with Crippen molar-refractivity contribution < 1.29 is 9.53 Å². The van der Waals surface area contributed by atoms with Gasteiger partial charge in [-0.1, -0.05) is 30.0 Å². The Morgan fingerprint density at radius 1 is 1.17 bits per heavy atom. The van der Waals surface area contributed by atoms with E-state index in [1.807, 2.05) is 30.3 Å². The molecule has 1 heterocycles. The molecule has 0 aliphatic carbocycles. The smallest absolute Gasteiger partial charge is 0.234 e. The number of carbonyl (C=O) groups excluding carboxylic acids is 1. The predicted octanol–water partition coefficient (Wildman–Crippen LogP) is 2.40. The van der Waals surface area contributed by atoms with Crippen LogP contribution in [0.3, 0.4) is 0 Å². The number of carbonyl (C=O) groups is 1. The Hall–Kier alpha value is -2.87. The number of methoxy groups -OCH3 is 1. The highest BCUT2D eigenvalue weighted by Crippen LogP contribution is 2.19. The second-order valence-corrected chi connectivity index (χ2v) is 5.72. The molecule has 7 nitrogen and oxygen atoms in total. The van der Waals surface area contributed by atoms with Crippen LogP contribution < -0.4 is 10.1 Å². The van der Waals surface area contributed by atoms with Gasteiger partial charge in [0.15, 0.2) is 0 Å². The van der Waals surface area contributed by atoms with E-state index in [0.29, 0.717) is 10.8 Å². The average molecular weight is 341 g/mol. The molecule has 0 saturated carbocycles. The molecule has 8 heteroatoms. The van der Waals surface area contributed by atoms with Crippen molar-refractivity contribution in [1.82, 2.24) is 20.2 Å². The maximum Gasteiger partial charge on any atom is 0.234 e. The number of para-hydroxylation sites is 1. The highest BCUT2D eigenvalue weighted by atomic mass is 32.2. The second kappa shape index (κ2) is 7.60. The van der Waals surface area contributed by atoms with Crippen LogP contribution in [0.2, 0.25) is 0 Å². The normalized spacial score (nSPS) is 10.4.